The lowest BCUT2D eigenvalue weighted by Gasteiger charge is -2.38. The summed E-state index contributed by atoms with van der Waals surface area (Å²) in [5.41, 5.74) is 0. The molecule has 1 N–H and O–H groups in total. The molecule has 2 aliphatic rings. The molecule has 6 heteroatoms. The third kappa shape index (κ3) is 4.07. The summed E-state index contributed by atoms with van der Waals surface area (Å²) in [7, 11) is 0. The van der Waals surface area contributed by atoms with Crippen LogP contribution < -0.4 is 0 Å². The molecule has 0 aromatic carbocycles. The highest BCUT2D eigenvalue weighted by atomic mass is 32.1. The van der Waals surface area contributed by atoms with Gasteiger partial charge >= 0.3 is 5.97 Å². The monoisotopic (exact) mass is 325 g/mol. The highest BCUT2D eigenvalue weighted by Gasteiger charge is 2.27. The molecular formula is C16H23NO4S. The Morgan fingerprint density at radius 3 is 2.82 bits per heavy atom. The summed E-state index contributed by atoms with van der Waals surface area (Å²) in [4.78, 5) is 15.0. The standard InChI is InChI=1S/C16H23NO4S/c18-16(19)15-2-1-14(22-15)10-17-5-8-21-11-13(17)9-12-3-6-20-7-4-12/h1-2,12-13H,3-11H2,(H,18,19). The third-order valence-electron chi connectivity index (χ3n) is 4.53. The first kappa shape index (κ1) is 15.9. The van der Waals surface area contributed by atoms with Crippen LogP contribution >= 0.6 is 11.3 Å². The van der Waals surface area contributed by atoms with Gasteiger partial charge in [0.25, 0.3) is 0 Å². The minimum Gasteiger partial charge on any atom is -0.477 e. The van der Waals surface area contributed by atoms with Gasteiger partial charge in [-0.05, 0) is 37.3 Å². The van der Waals surface area contributed by atoms with Crippen molar-refractivity contribution in [1.82, 2.24) is 4.90 Å². The number of nitrogens with zero attached hydrogens (tertiary/aromatic N) is 1. The molecule has 1 aromatic rings. The van der Waals surface area contributed by atoms with E-state index in [4.69, 9.17) is 14.6 Å². The number of aromatic carboxylic acids is 1. The normalized spacial score (nSPS) is 24.5. The molecule has 0 bridgehead atoms. The molecule has 0 saturated carbocycles. The van der Waals surface area contributed by atoms with Crippen molar-refractivity contribution in [3.8, 4) is 0 Å². The number of carboxylic acid groups (broad SMARTS) is 1. The zero-order chi connectivity index (χ0) is 15.4. The van der Waals surface area contributed by atoms with Crippen LogP contribution in [0.15, 0.2) is 12.1 Å². The maximum absolute atomic E-state index is 11.0. The molecule has 0 spiro atoms. The highest BCUT2D eigenvalue weighted by Crippen LogP contribution is 2.26. The second kappa shape index (κ2) is 7.55. The van der Waals surface area contributed by atoms with Crippen molar-refractivity contribution in [2.75, 3.05) is 33.0 Å². The van der Waals surface area contributed by atoms with Crippen LogP contribution in [-0.4, -0.2) is 55.0 Å². The SMILES string of the molecule is O=C(O)c1ccc(CN2CCOCC2CC2CCOCC2)s1. The third-order valence-corrected chi connectivity index (χ3v) is 5.59. The Labute approximate surface area is 134 Å². The largest absolute Gasteiger partial charge is 0.477 e. The topological polar surface area (TPSA) is 59.0 Å². The van der Waals surface area contributed by atoms with Gasteiger partial charge in [-0.3, -0.25) is 4.90 Å². The Morgan fingerprint density at radius 1 is 1.27 bits per heavy atom. The fourth-order valence-electron chi connectivity index (χ4n) is 3.26. The van der Waals surface area contributed by atoms with Crippen LogP contribution in [0.4, 0.5) is 0 Å². The van der Waals surface area contributed by atoms with Gasteiger partial charge in [0.1, 0.15) is 4.88 Å². The van der Waals surface area contributed by atoms with Gasteiger partial charge in [0.2, 0.25) is 0 Å². The minimum atomic E-state index is -0.836. The van der Waals surface area contributed by atoms with E-state index in [1.807, 2.05) is 6.07 Å². The number of thiophene rings is 1. The van der Waals surface area contributed by atoms with E-state index in [2.05, 4.69) is 4.90 Å². The Balaban J connectivity index is 1.60. The average Bonchev–Trinajstić information content (AvgIpc) is 2.99. The van der Waals surface area contributed by atoms with Gasteiger partial charge in [-0.15, -0.1) is 11.3 Å². The number of carbonyl (C=O) groups is 1. The fraction of sp³-hybridized carbons (Fsp3) is 0.688. The number of ether oxygens (including phenoxy) is 2. The first-order valence-electron chi connectivity index (χ1n) is 7.94. The molecule has 0 aliphatic carbocycles. The molecule has 0 amide bonds. The van der Waals surface area contributed by atoms with E-state index < -0.39 is 5.97 Å². The van der Waals surface area contributed by atoms with E-state index in [0.29, 0.717) is 10.9 Å². The molecule has 3 rings (SSSR count). The molecule has 2 aliphatic heterocycles. The lowest BCUT2D eigenvalue weighted by molar-refractivity contribution is -0.0286. The van der Waals surface area contributed by atoms with Crippen molar-refractivity contribution in [3.63, 3.8) is 0 Å². The fourth-order valence-corrected chi connectivity index (χ4v) is 4.13. The lowest BCUT2D eigenvalue weighted by Crippen LogP contribution is -2.46. The smallest absolute Gasteiger partial charge is 0.345 e. The Morgan fingerprint density at radius 2 is 2.09 bits per heavy atom. The van der Waals surface area contributed by atoms with E-state index in [9.17, 15) is 4.79 Å². The summed E-state index contributed by atoms with van der Waals surface area (Å²) in [5.74, 6) is -0.113. The van der Waals surface area contributed by atoms with Gasteiger partial charge in [-0.2, -0.15) is 0 Å². The van der Waals surface area contributed by atoms with E-state index in [-0.39, 0.29) is 0 Å². The number of carboxylic acids is 1. The molecule has 22 heavy (non-hydrogen) atoms. The van der Waals surface area contributed by atoms with Crippen molar-refractivity contribution in [1.29, 1.82) is 0 Å². The van der Waals surface area contributed by atoms with Crippen molar-refractivity contribution in [3.05, 3.63) is 21.9 Å². The summed E-state index contributed by atoms with van der Waals surface area (Å²) in [5, 5.41) is 9.04. The quantitative estimate of drug-likeness (QED) is 0.901. The van der Waals surface area contributed by atoms with Crippen molar-refractivity contribution < 1.29 is 19.4 Å². The lowest BCUT2D eigenvalue weighted by atomic mass is 9.91. The van der Waals surface area contributed by atoms with Gasteiger partial charge in [0.05, 0.1) is 13.2 Å². The molecule has 122 valence electrons. The predicted octanol–water partition coefficient (Wildman–Crippen LogP) is 2.46. The molecule has 5 nitrogen and oxygen atoms in total. The number of hydrogen-bond acceptors (Lipinski definition) is 5. The molecule has 1 aromatic heterocycles. The average molecular weight is 325 g/mol. The maximum Gasteiger partial charge on any atom is 0.345 e. The zero-order valence-corrected chi connectivity index (χ0v) is 13.5. The van der Waals surface area contributed by atoms with Crippen LogP contribution in [0.2, 0.25) is 0 Å². The van der Waals surface area contributed by atoms with Gasteiger partial charge < -0.3 is 14.6 Å². The Bertz CT molecular complexity index is 498. The van der Waals surface area contributed by atoms with Crippen molar-refractivity contribution in [2.45, 2.75) is 31.8 Å². The first-order chi connectivity index (χ1) is 10.7. The van der Waals surface area contributed by atoms with Gasteiger partial charge in [-0.25, -0.2) is 4.79 Å². The summed E-state index contributed by atoms with van der Waals surface area (Å²) in [6.45, 7) is 5.07. The summed E-state index contributed by atoms with van der Waals surface area (Å²) >= 11 is 1.38. The molecule has 2 saturated heterocycles. The Hall–Kier alpha value is -0.950. The zero-order valence-electron chi connectivity index (χ0n) is 12.7. The number of rotatable bonds is 5. The molecule has 1 atom stereocenters. The van der Waals surface area contributed by atoms with Gasteiger partial charge in [-0.1, -0.05) is 0 Å². The highest BCUT2D eigenvalue weighted by molar-refractivity contribution is 7.13. The summed E-state index contributed by atoms with van der Waals surface area (Å²) in [6.07, 6.45) is 3.44. The van der Waals surface area contributed by atoms with Crippen LogP contribution in [0, 0.1) is 5.92 Å². The number of morpholine rings is 1. The Kier molecular flexibility index (Phi) is 5.46. The van der Waals surface area contributed by atoms with Crippen LogP contribution in [0.3, 0.4) is 0 Å². The molecule has 1 unspecified atom stereocenters. The van der Waals surface area contributed by atoms with Crippen LogP contribution in [0.1, 0.15) is 33.8 Å². The van der Waals surface area contributed by atoms with Gasteiger partial charge in [0.15, 0.2) is 0 Å². The molecule has 2 fully saturated rings. The second-order valence-corrected chi connectivity index (χ2v) is 7.23. The second-order valence-electron chi connectivity index (χ2n) is 6.06. The van der Waals surface area contributed by atoms with E-state index in [1.54, 1.807) is 6.07 Å². The van der Waals surface area contributed by atoms with E-state index in [0.717, 1.165) is 69.6 Å². The number of hydrogen-bond donors (Lipinski definition) is 1. The first-order valence-corrected chi connectivity index (χ1v) is 8.75. The minimum absolute atomic E-state index is 0.421. The van der Waals surface area contributed by atoms with Crippen LogP contribution in [-0.2, 0) is 16.0 Å². The van der Waals surface area contributed by atoms with Gasteiger partial charge in [0, 0.05) is 37.2 Å². The summed E-state index contributed by atoms with van der Waals surface area (Å²) < 4.78 is 11.1. The summed E-state index contributed by atoms with van der Waals surface area (Å²) in [6, 6.07) is 4.08. The van der Waals surface area contributed by atoms with Crippen molar-refractivity contribution >= 4 is 17.3 Å². The van der Waals surface area contributed by atoms with Crippen molar-refractivity contribution in [2.24, 2.45) is 5.92 Å². The van der Waals surface area contributed by atoms with Crippen LogP contribution in [0.5, 0.6) is 0 Å². The predicted molar refractivity (Wildman–Crippen MR) is 84.5 cm³/mol. The van der Waals surface area contributed by atoms with E-state index in [1.165, 1.54) is 11.3 Å². The molecular weight excluding hydrogens is 302 g/mol. The maximum atomic E-state index is 11.0. The van der Waals surface area contributed by atoms with Crippen LogP contribution in [0.25, 0.3) is 0 Å². The molecule has 0 radical (unpaired) electrons. The van der Waals surface area contributed by atoms with E-state index >= 15 is 0 Å². The molecule has 3 heterocycles.